The van der Waals surface area contributed by atoms with Crippen LogP contribution < -0.4 is 4.74 Å². The molecule has 0 aromatic heterocycles. The predicted molar refractivity (Wildman–Crippen MR) is 49.1 cm³/mol. The molecule has 0 spiro atoms. The van der Waals surface area contributed by atoms with Crippen LogP contribution in [-0.2, 0) is 0 Å². The maximum Gasteiger partial charge on any atom is 0.387 e. The van der Waals surface area contributed by atoms with Gasteiger partial charge in [-0.25, -0.2) is 0 Å². The molecule has 0 fully saturated rings. The third-order valence-electron chi connectivity index (χ3n) is 1.60. The van der Waals surface area contributed by atoms with Gasteiger partial charge in [-0.05, 0) is 12.1 Å². The lowest BCUT2D eigenvalue weighted by Crippen LogP contribution is -2.04. The van der Waals surface area contributed by atoms with Crippen LogP contribution >= 0.6 is 0 Å². The molecule has 8 heteroatoms. The zero-order valence-electron chi connectivity index (χ0n) is 7.71. The minimum absolute atomic E-state index is 0.191. The largest absolute Gasteiger partial charge is 0.427 e. The zero-order valence-corrected chi connectivity index (χ0v) is 7.71. The van der Waals surface area contributed by atoms with Gasteiger partial charge in [-0.15, -0.1) is 0 Å². The molecule has 86 valence electrons. The summed E-state index contributed by atoms with van der Waals surface area (Å²) in [4.78, 5) is 9.66. The number of ether oxygens (including phenoxy) is 1. The maximum atomic E-state index is 11.9. The van der Waals surface area contributed by atoms with Crippen LogP contribution in [0, 0.1) is 10.1 Å². The zero-order chi connectivity index (χ0) is 12.1. The van der Waals surface area contributed by atoms with Crippen molar-refractivity contribution < 1.29 is 23.6 Å². The highest BCUT2D eigenvalue weighted by atomic mass is 19.3. The summed E-state index contributed by atoms with van der Waals surface area (Å²) < 4.78 is 27.8. The maximum absolute atomic E-state index is 11.9. The summed E-state index contributed by atoms with van der Waals surface area (Å²) in [6.45, 7) is -3.14. The van der Waals surface area contributed by atoms with Crippen molar-refractivity contribution in [3.63, 3.8) is 0 Å². The quantitative estimate of drug-likeness (QED) is 0.372. The van der Waals surface area contributed by atoms with E-state index >= 15 is 0 Å². The Kier molecular flexibility index (Phi) is 3.70. The first-order valence-electron chi connectivity index (χ1n) is 3.95. The van der Waals surface area contributed by atoms with Gasteiger partial charge in [0.2, 0.25) is 5.75 Å². The Balaban J connectivity index is 3.14. The lowest BCUT2D eigenvalue weighted by atomic mass is 10.2. The van der Waals surface area contributed by atoms with Crippen LogP contribution in [0.1, 0.15) is 5.56 Å². The van der Waals surface area contributed by atoms with E-state index in [0.717, 1.165) is 18.3 Å². The van der Waals surface area contributed by atoms with E-state index in [1.165, 1.54) is 6.07 Å². The molecule has 0 saturated carbocycles. The van der Waals surface area contributed by atoms with Gasteiger partial charge < -0.3 is 9.94 Å². The van der Waals surface area contributed by atoms with Gasteiger partial charge in [0.1, 0.15) is 0 Å². The second kappa shape index (κ2) is 5.01. The molecule has 6 nitrogen and oxygen atoms in total. The molecule has 1 aromatic carbocycles. The number of alkyl halides is 2. The van der Waals surface area contributed by atoms with Crippen molar-refractivity contribution in [3.05, 3.63) is 33.9 Å². The molecule has 0 radical (unpaired) electrons. The van der Waals surface area contributed by atoms with Gasteiger partial charge in [-0.3, -0.25) is 10.1 Å². The molecule has 16 heavy (non-hydrogen) atoms. The molecule has 0 amide bonds. The standard InChI is InChI=1S/C8H6F2N2O4/c9-8(10)16-7-2-1-5(4-11-13)3-6(7)12(14)15/h1-4,8,13H/b11-4-. The lowest BCUT2D eigenvalue weighted by Gasteiger charge is -2.05. The summed E-state index contributed by atoms with van der Waals surface area (Å²) >= 11 is 0. The summed E-state index contributed by atoms with van der Waals surface area (Å²) in [5.41, 5.74) is -0.437. The number of rotatable bonds is 4. The molecule has 1 rings (SSSR count). The number of hydrogen-bond acceptors (Lipinski definition) is 5. The van der Waals surface area contributed by atoms with Gasteiger partial charge >= 0.3 is 12.3 Å². The Morgan fingerprint density at radius 2 is 2.25 bits per heavy atom. The molecule has 0 unspecified atom stereocenters. The van der Waals surface area contributed by atoms with Crippen molar-refractivity contribution in [2.45, 2.75) is 6.61 Å². The van der Waals surface area contributed by atoms with E-state index < -0.39 is 23.0 Å². The normalized spacial score (nSPS) is 10.9. The van der Waals surface area contributed by atoms with Crippen LogP contribution in [0.2, 0.25) is 0 Å². The number of oxime groups is 1. The van der Waals surface area contributed by atoms with E-state index in [4.69, 9.17) is 5.21 Å². The fourth-order valence-corrected chi connectivity index (χ4v) is 1.02. The molecule has 0 bridgehead atoms. The van der Waals surface area contributed by atoms with Crippen LogP contribution in [0.3, 0.4) is 0 Å². The predicted octanol–water partition coefficient (Wildman–Crippen LogP) is 2.00. The number of nitro benzene ring substituents is 1. The van der Waals surface area contributed by atoms with E-state index in [2.05, 4.69) is 9.89 Å². The van der Waals surface area contributed by atoms with Crippen molar-refractivity contribution in [2.24, 2.45) is 5.16 Å². The van der Waals surface area contributed by atoms with Crippen molar-refractivity contribution in [3.8, 4) is 5.75 Å². The minimum Gasteiger partial charge on any atom is -0.427 e. The monoisotopic (exact) mass is 232 g/mol. The fraction of sp³-hybridized carbons (Fsp3) is 0.125. The summed E-state index contributed by atoms with van der Waals surface area (Å²) in [7, 11) is 0. The van der Waals surface area contributed by atoms with Gasteiger partial charge in [0.05, 0.1) is 11.1 Å². The van der Waals surface area contributed by atoms with E-state index in [0.29, 0.717) is 0 Å². The van der Waals surface area contributed by atoms with Gasteiger partial charge in [-0.1, -0.05) is 5.16 Å². The molecule has 1 aromatic rings. The van der Waals surface area contributed by atoms with Gasteiger partial charge in [-0.2, -0.15) is 8.78 Å². The van der Waals surface area contributed by atoms with Crippen LogP contribution in [0.5, 0.6) is 5.75 Å². The molecule has 0 aliphatic rings. The third kappa shape index (κ3) is 2.87. The first-order valence-corrected chi connectivity index (χ1v) is 3.95. The summed E-state index contributed by atoms with van der Waals surface area (Å²) in [5.74, 6) is -0.546. The lowest BCUT2D eigenvalue weighted by molar-refractivity contribution is -0.386. The molecular formula is C8H6F2N2O4. The molecule has 0 saturated heterocycles. The van der Waals surface area contributed by atoms with Gasteiger partial charge in [0.25, 0.3) is 0 Å². The van der Waals surface area contributed by atoms with Crippen LogP contribution in [-0.4, -0.2) is 23.0 Å². The number of hydrogen-bond donors (Lipinski definition) is 1. The highest BCUT2D eigenvalue weighted by Crippen LogP contribution is 2.28. The van der Waals surface area contributed by atoms with Gasteiger partial charge in [0.15, 0.2) is 0 Å². The van der Waals surface area contributed by atoms with Crippen molar-refractivity contribution >= 4 is 11.9 Å². The Bertz CT molecular complexity index is 422. The molecular weight excluding hydrogens is 226 g/mol. The molecule has 1 N–H and O–H groups in total. The summed E-state index contributed by atoms with van der Waals surface area (Å²) in [5, 5.41) is 21.4. The number of nitro groups is 1. The Morgan fingerprint density at radius 1 is 1.56 bits per heavy atom. The van der Waals surface area contributed by atoms with Crippen molar-refractivity contribution in [2.75, 3.05) is 0 Å². The first-order chi connectivity index (χ1) is 7.54. The number of halogens is 2. The first kappa shape index (κ1) is 11.8. The van der Waals surface area contributed by atoms with E-state index in [9.17, 15) is 18.9 Å². The molecule has 0 atom stereocenters. The Morgan fingerprint density at radius 3 is 2.75 bits per heavy atom. The Labute approximate surface area is 87.9 Å². The third-order valence-corrected chi connectivity index (χ3v) is 1.60. The SMILES string of the molecule is O=[N+]([O-])c1cc(/C=N\O)ccc1OC(F)F. The highest BCUT2D eigenvalue weighted by Gasteiger charge is 2.18. The number of nitrogens with zero attached hydrogens (tertiary/aromatic N) is 2. The minimum atomic E-state index is -3.14. The van der Waals surface area contributed by atoms with Crippen molar-refractivity contribution in [1.82, 2.24) is 0 Å². The fourth-order valence-electron chi connectivity index (χ4n) is 1.02. The smallest absolute Gasteiger partial charge is 0.387 e. The number of benzene rings is 1. The van der Waals surface area contributed by atoms with Crippen LogP contribution in [0.4, 0.5) is 14.5 Å². The topological polar surface area (TPSA) is 85.0 Å². The van der Waals surface area contributed by atoms with Gasteiger partial charge in [0, 0.05) is 11.6 Å². The molecule has 0 aliphatic heterocycles. The van der Waals surface area contributed by atoms with E-state index in [1.54, 1.807) is 0 Å². The summed E-state index contributed by atoms with van der Waals surface area (Å²) in [6.07, 6.45) is 0.930. The average Bonchev–Trinajstić information content (AvgIpc) is 2.19. The second-order valence-corrected chi connectivity index (χ2v) is 2.61. The highest BCUT2D eigenvalue weighted by molar-refractivity contribution is 5.81. The average molecular weight is 232 g/mol. The molecule has 0 aliphatic carbocycles. The summed E-state index contributed by atoms with van der Waals surface area (Å²) in [6, 6.07) is 3.20. The Hall–Kier alpha value is -2.25. The van der Waals surface area contributed by atoms with E-state index in [1.807, 2.05) is 0 Å². The van der Waals surface area contributed by atoms with Crippen LogP contribution in [0.25, 0.3) is 0 Å². The van der Waals surface area contributed by atoms with Crippen molar-refractivity contribution in [1.29, 1.82) is 0 Å². The second-order valence-electron chi connectivity index (χ2n) is 2.61. The van der Waals surface area contributed by atoms with E-state index in [-0.39, 0.29) is 5.56 Å². The van der Waals surface area contributed by atoms with Crippen LogP contribution in [0.15, 0.2) is 23.4 Å². The molecule has 0 heterocycles.